The molecule has 0 unspecified atom stereocenters. The summed E-state index contributed by atoms with van der Waals surface area (Å²) >= 11 is 0. The molecule has 0 aliphatic carbocycles. The normalized spacial score (nSPS) is 14.7. The Kier molecular flexibility index (Phi) is 5.73. The van der Waals surface area contributed by atoms with Gasteiger partial charge in [0.2, 0.25) is 0 Å². The molecule has 0 saturated carbocycles. The van der Waals surface area contributed by atoms with Crippen molar-refractivity contribution in [2.45, 2.75) is 6.42 Å². The number of nitrogens with zero attached hydrogens (tertiary/aromatic N) is 4. The zero-order chi connectivity index (χ0) is 18.4. The highest BCUT2D eigenvalue weighted by molar-refractivity contribution is 5.92. The van der Waals surface area contributed by atoms with Gasteiger partial charge >= 0.3 is 0 Å². The molecule has 3 rings (SSSR count). The zero-order valence-electron chi connectivity index (χ0n) is 14.2. The Hall–Kier alpha value is -3.03. The smallest absolute Gasteiger partial charge is 0.274 e. The highest BCUT2D eigenvalue weighted by atomic mass is 19.1. The third-order valence-electron chi connectivity index (χ3n) is 4.08. The Labute approximate surface area is 150 Å². The SMILES string of the molecule is O=C(COc1cccc(F)c1)N1CCCN(C(=O)c2cnccn2)CC1. The molecular weight excluding hydrogens is 339 g/mol. The summed E-state index contributed by atoms with van der Waals surface area (Å²) in [6.45, 7) is 1.75. The van der Waals surface area contributed by atoms with E-state index in [1.165, 1.54) is 36.8 Å². The van der Waals surface area contributed by atoms with E-state index in [1.54, 1.807) is 15.9 Å². The van der Waals surface area contributed by atoms with Gasteiger partial charge in [-0.05, 0) is 18.6 Å². The molecule has 26 heavy (non-hydrogen) atoms. The zero-order valence-corrected chi connectivity index (χ0v) is 14.2. The third-order valence-corrected chi connectivity index (χ3v) is 4.08. The summed E-state index contributed by atoms with van der Waals surface area (Å²) in [5.41, 5.74) is 0.293. The molecule has 0 atom stereocenters. The molecule has 0 N–H and O–H groups in total. The minimum Gasteiger partial charge on any atom is -0.484 e. The second kappa shape index (κ2) is 8.37. The lowest BCUT2D eigenvalue weighted by Crippen LogP contribution is -2.39. The second-order valence-electron chi connectivity index (χ2n) is 5.86. The van der Waals surface area contributed by atoms with E-state index in [-0.39, 0.29) is 18.4 Å². The van der Waals surface area contributed by atoms with Crippen molar-refractivity contribution in [3.8, 4) is 5.75 Å². The molecule has 7 nitrogen and oxygen atoms in total. The molecule has 0 radical (unpaired) electrons. The summed E-state index contributed by atoms with van der Waals surface area (Å²) < 4.78 is 18.5. The van der Waals surface area contributed by atoms with E-state index in [9.17, 15) is 14.0 Å². The van der Waals surface area contributed by atoms with Crippen LogP contribution in [0.3, 0.4) is 0 Å². The summed E-state index contributed by atoms with van der Waals surface area (Å²) in [5.74, 6) is -0.484. The van der Waals surface area contributed by atoms with Crippen molar-refractivity contribution in [2.75, 3.05) is 32.8 Å². The van der Waals surface area contributed by atoms with Gasteiger partial charge in [-0.3, -0.25) is 14.6 Å². The van der Waals surface area contributed by atoms with E-state index in [1.807, 2.05) is 0 Å². The molecule has 1 aromatic carbocycles. The predicted molar refractivity (Wildman–Crippen MR) is 91.0 cm³/mol. The number of ether oxygens (including phenoxy) is 1. The number of halogens is 1. The first-order chi connectivity index (χ1) is 12.6. The average Bonchev–Trinajstić information content (AvgIpc) is 2.92. The molecule has 8 heteroatoms. The lowest BCUT2D eigenvalue weighted by molar-refractivity contribution is -0.133. The van der Waals surface area contributed by atoms with E-state index in [4.69, 9.17) is 4.74 Å². The van der Waals surface area contributed by atoms with E-state index in [2.05, 4.69) is 9.97 Å². The van der Waals surface area contributed by atoms with Gasteiger partial charge in [-0.1, -0.05) is 6.07 Å². The van der Waals surface area contributed by atoms with Crippen LogP contribution in [0.5, 0.6) is 5.75 Å². The molecule has 1 aliphatic rings. The van der Waals surface area contributed by atoms with Gasteiger partial charge in [0, 0.05) is 44.6 Å². The van der Waals surface area contributed by atoms with Crippen LogP contribution in [-0.2, 0) is 4.79 Å². The quantitative estimate of drug-likeness (QED) is 0.825. The van der Waals surface area contributed by atoms with Gasteiger partial charge in [-0.15, -0.1) is 0 Å². The van der Waals surface area contributed by atoms with Gasteiger partial charge in [-0.2, -0.15) is 0 Å². The van der Waals surface area contributed by atoms with E-state index < -0.39 is 5.82 Å². The number of aromatic nitrogens is 2. The number of carbonyl (C=O) groups is 2. The molecule has 1 fully saturated rings. The number of hydrogen-bond donors (Lipinski definition) is 0. The molecule has 2 heterocycles. The van der Waals surface area contributed by atoms with Gasteiger partial charge in [0.1, 0.15) is 17.3 Å². The van der Waals surface area contributed by atoms with Crippen LogP contribution in [0.25, 0.3) is 0 Å². The number of rotatable bonds is 4. The lowest BCUT2D eigenvalue weighted by atomic mass is 10.3. The van der Waals surface area contributed by atoms with Gasteiger partial charge < -0.3 is 14.5 Å². The summed E-state index contributed by atoms with van der Waals surface area (Å²) in [6.07, 6.45) is 5.09. The minimum absolute atomic E-state index is 0.165. The summed E-state index contributed by atoms with van der Waals surface area (Å²) in [6, 6.07) is 5.67. The Bertz CT molecular complexity index is 772. The predicted octanol–water partition coefficient (Wildman–Crippen LogP) is 1.37. The highest BCUT2D eigenvalue weighted by Gasteiger charge is 2.23. The van der Waals surface area contributed by atoms with Crippen LogP contribution in [0.1, 0.15) is 16.9 Å². The van der Waals surface area contributed by atoms with Gasteiger partial charge in [0.15, 0.2) is 6.61 Å². The van der Waals surface area contributed by atoms with E-state index in [0.717, 1.165) is 0 Å². The molecule has 1 aromatic heterocycles. The summed E-state index contributed by atoms with van der Waals surface area (Å²) in [7, 11) is 0. The third kappa shape index (κ3) is 4.53. The number of hydrogen-bond acceptors (Lipinski definition) is 5. The molecule has 2 amide bonds. The molecule has 136 valence electrons. The van der Waals surface area contributed by atoms with Crippen molar-refractivity contribution in [2.24, 2.45) is 0 Å². The van der Waals surface area contributed by atoms with Crippen LogP contribution in [0.15, 0.2) is 42.9 Å². The van der Waals surface area contributed by atoms with E-state index >= 15 is 0 Å². The Balaban J connectivity index is 1.53. The standard InChI is InChI=1S/C18H19FN4O3/c19-14-3-1-4-15(11-14)26-13-17(24)22-7-2-8-23(10-9-22)18(25)16-12-20-5-6-21-16/h1,3-6,11-12H,2,7-10,13H2. The maximum absolute atomic E-state index is 13.1. The van der Waals surface area contributed by atoms with Crippen molar-refractivity contribution >= 4 is 11.8 Å². The Morgan fingerprint density at radius 3 is 2.69 bits per heavy atom. The maximum Gasteiger partial charge on any atom is 0.274 e. The van der Waals surface area contributed by atoms with Gasteiger partial charge in [0.05, 0.1) is 6.20 Å². The van der Waals surface area contributed by atoms with Crippen LogP contribution in [0.2, 0.25) is 0 Å². The van der Waals surface area contributed by atoms with Crippen molar-refractivity contribution in [1.29, 1.82) is 0 Å². The Morgan fingerprint density at radius 2 is 1.92 bits per heavy atom. The number of amides is 2. The van der Waals surface area contributed by atoms with Crippen molar-refractivity contribution < 1.29 is 18.7 Å². The van der Waals surface area contributed by atoms with Crippen LogP contribution < -0.4 is 4.74 Å². The first-order valence-electron chi connectivity index (χ1n) is 8.35. The first kappa shape index (κ1) is 17.8. The minimum atomic E-state index is -0.414. The molecule has 1 saturated heterocycles. The summed E-state index contributed by atoms with van der Waals surface area (Å²) in [4.78, 5) is 36.0. The fourth-order valence-corrected chi connectivity index (χ4v) is 2.73. The Morgan fingerprint density at radius 1 is 1.12 bits per heavy atom. The molecular formula is C18H19FN4O3. The van der Waals surface area contributed by atoms with Gasteiger partial charge in [0.25, 0.3) is 11.8 Å². The van der Waals surface area contributed by atoms with Crippen molar-refractivity contribution in [3.63, 3.8) is 0 Å². The second-order valence-corrected chi connectivity index (χ2v) is 5.86. The van der Waals surface area contributed by atoms with Crippen LogP contribution in [0, 0.1) is 5.82 Å². The molecule has 0 spiro atoms. The lowest BCUT2D eigenvalue weighted by Gasteiger charge is -2.22. The van der Waals surface area contributed by atoms with Crippen LogP contribution >= 0.6 is 0 Å². The molecule has 1 aliphatic heterocycles. The van der Waals surface area contributed by atoms with Crippen molar-refractivity contribution in [3.05, 3.63) is 54.4 Å². The number of benzene rings is 1. The van der Waals surface area contributed by atoms with Crippen LogP contribution in [-0.4, -0.2) is 64.4 Å². The van der Waals surface area contributed by atoms with E-state index in [0.29, 0.717) is 44.0 Å². The van der Waals surface area contributed by atoms with Crippen molar-refractivity contribution in [1.82, 2.24) is 19.8 Å². The molecule has 2 aromatic rings. The van der Waals surface area contributed by atoms with Gasteiger partial charge in [-0.25, -0.2) is 9.37 Å². The largest absolute Gasteiger partial charge is 0.484 e. The highest BCUT2D eigenvalue weighted by Crippen LogP contribution is 2.13. The fourth-order valence-electron chi connectivity index (χ4n) is 2.73. The average molecular weight is 358 g/mol. The van der Waals surface area contributed by atoms with Crippen LogP contribution in [0.4, 0.5) is 4.39 Å². The first-order valence-corrected chi connectivity index (χ1v) is 8.35. The monoisotopic (exact) mass is 358 g/mol. The maximum atomic E-state index is 13.1. The topological polar surface area (TPSA) is 75.6 Å². The molecule has 0 bridgehead atoms. The fraction of sp³-hybridized carbons (Fsp3) is 0.333. The number of carbonyl (C=O) groups excluding carboxylic acids is 2. The summed E-state index contributed by atoms with van der Waals surface area (Å²) in [5, 5.41) is 0.